The van der Waals surface area contributed by atoms with Gasteiger partial charge >= 0.3 is 0 Å². The standard InChI is InChI=1S/C23H22N2O2S/c26-22(20-9-3-4-11-21(20)28)24-17-12-14-25(15-13-17)23(27)19-10-5-7-16-6-1-2-8-18(16)19/h1-11,17,28H,12-15H2,(H,24,26). The predicted molar refractivity (Wildman–Crippen MR) is 114 cm³/mol. The molecule has 2 amide bonds. The van der Waals surface area contributed by atoms with Crippen LogP contribution in [0.2, 0.25) is 0 Å². The number of amides is 2. The number of fused-ring (bicyclic) bond motifs is 1. The second-order valence-corrected chi connectivity index (χ2v) is 7.57. The molecule has 28 heavy (non-hydrogen) atoms. The number of hydrogen-bond donors (Lipinski definition) is 2. The maximum atomic E-state index is 13.0. The molecule has 0 atom stereocenters. The van der Waals surface area contributed by atoms with Crippen LogP contribution in [-0.2, 0) is 0 Å². The van der Waals surface area contributed by atoms with E-state index in [4.69, 9.17) is 0 Å². The first-order valence-corrected chi connectivity index (χ1v) is 9.94. The Morgan fingerprint density at radius 2 is 1.50 bits per heavy atom. The van der Waals surface area contributed by atoms with Crippen LogP contribution in [0.4, 0.5) is 0 Å². The molecule has 1 N–H and O–H groups in total. The summed E-state index contributed by atoms with van der Waals surface area (Å²) in [7, 11) is 0. The lowest BCUT2D eigenvalue weighted by Crippen LogP contribution is -2.46. The van der Waals surface area contributed by atoms with Gasteiger partial charge in [0.1, 0.15) is 0 Å². The van der Waals surface area contributed by atoms with Crippen LogP contribution >= 0.6 is 12.6 Å². The maximum absolute atomic E-state index is 13.0. The Morgan fingerprint density at radius 3 is 2.29 bits per heavy atom. The molecular weight excluding hydrogens is 368 g/mol. The van der Waals surface area contributed by atoms with E-state index in [1.165, 1.54) is 0 Å². The van der Waals surface area contributed by atoms with E-state index in [0.717, 1.165) is 29.2 Å². The number of carbonyl (C=O) groups excluding carboxylic acids is 2. The van der Waals surface area contributed by atoms with E-state index in [2.05, 4.69) is 17.9 Å². The molecule has 1 fully saturated rings. The van der Waals surface area contributed by atoms with Crippen molar-refractivity contribution in [2.75, 3.05) is 13.1 Å². The van der Waals surface area contributed by atoms with Gasteiger partial charge in [-0.25, -0.2) is 0 Å². The molecule has 0 unspecified atom stereocenters. The Hall–Kier alpha value is -2.79. The molecule has 142 valence electrons. The third-order valence-corrected chi connectivity index (χ3v) is 5.68. The number of benzene rings is 3. The van der Waals surface area contributed by atoms with Gasteiger partial charge in [0.25, 0.3) is 11.8 Å². The van der Waals surface area contributed by atoms with Gasteiger partial charge in [0.15, 0.2) is 0 Å². The summed E-state index contributed by atoms with van der Waals surface area (Å²) in [5.41, 5.74) is 1.32. The van der Waals surface area contributed by atoms with Crippen molar-refractivity contribution in [1.82, 2.24) is 10.2 Å². The summed E-state index contributed by atoms with van der Waals surface area (Å²) < 4.78 is 0. The molecule has 1 saturated heterocycles. The van der Waals surface area contributed by atoms with Gasteiger partial charge in [0, 0.05) is 29.6 Å². The summed E-state index contributed by atoms with van der Waals surface area (Å²) >= 11 is 4.35. The zero-order valence-corrected chi connectivity index (χ0v) is 16.4. The lowest BCUT2D eigenvalue weighted by atomic mass is 10.0. The van der Waals surface area contributed by atoms with Gasteiger partial charge in [-0.05, 0) is 41.8 Å². The summed E-state index contributed by atoms with van der Waals surface area (Å²) in [6.45, 7) is 1.27. The second-order valence-electron chi connectivity index (χ2n) is 7.08. The van der Waals surface area contributed by atoms with Crippen LogP contribution in [0.3, 0.4) is 0 Å². The lowest BCUT2D eigenvalue weighted by molar-refractivity contribution is 0.0700. The van der Waals surface area contributed by atoms with Crippen LogP contribution in [0, 0.1) is 0 Å². The van der Waals surface area contributed by atoms with Gasteiger partial charge in [-0.2, -0.15) is 0 Å². The van der Waals surface area contributed by atoms with Gasteiger partial charge in [0.05, 0.1) is 5.56 Å². The van der Waals surface area contributed by atoms with Crippen molar-refractivity contribution in [3.63, 3.8) is 0 Å². The Bertz CT molecular complexity index is 1020. The minimum absolute atomic E-state index is 0.0577. The molecule has 1 aliphatic rings. The van der Waals surface area contributed by atoms with Crippen LogP contribution in [0.25, 0.3) is 10.8 Å². The van der Waals surface area contributed by atoms with Gasteiger partial charge < -0.3 is 10.2 Å². The number of piperidine rings is 1. The minimum Gasteiger partial charge on any atom is -0.349 e. The van der Waals surface area contributed by atoms with E-state index in [1.54, 1.807) is 6.07 Å². The first kappa shape index (κ1) is 18.6. The highest BCUT2D eigenvalue weighted by atomic mass is 32.1. The quantitative estimate of drug-likeness (QED) is 0.660. The van der Waals surface area contributed by atoms with Crippen molar-refractivity contribution in [3.8, 4) is 0 Å². The van der Waals surface area contributed by atoms with Crippen LogP contribution < -0.4 is 5.32 Å². The van der Waals surface area contributed by atoms with E-state index < -0.39 is 0 Å². The average molecular weight is 391 g/mol. The molecule has 3 aromatic rings. The highest BCUT2D eigenvalue weighted by Gasteiger charge is 2.26. The zero-order valence-electron chi connectivity index (χ0n) is 15.5. The fourth-order valence-corrected chi connectivity index (χ4v) is 4.00. The molecule has 0 saturated carbocycles. The van der Waals surface area contributed by atoms with E-state index in [1.807, 2.05) is 65.6 Å². The molecule has 0 bridgehead atoms. The molecule has 0 aromatic heterocycles. The Labute approximate surface area is 170 Å². The molecule has 1 aliphatic heterocycles. The Kier molecular flexibility index (Phi) is 5.35. The summed E-state index contributed by atoms with van der Waals surface area (Å²) in [5, 5.41) is 5.13. The third kappa shape index (κ3) is 3.76. The van der Waals surface area contributed by atoms with Gasteiger partial charge in [-0.15, -0.1) is 12.6 Å². The highest BCUT2D eigenvalue weighted by Crippen LogP contribution is 2.22. The summed E-state index contributed by atoms with van der Waals surface area (Å²) in [4.78, 5) is 28.1. The number of nitrogens with one attached hydrogen (secondary N) is 1. The average Bonchev–Trinajstić information content (AvgIpc) is 2.73. The van der Waals surface area contributed by atoms with E-state index >= 15 is 0 Å². The van der Waals surface area contributed by atoms with Crippen LogP contribution in [0.15, 0.2) is 71.6 Å². The van der Waals surface area contributed by atoms with Crippen LogP contribution in [0.5, 0.6) is 0 Å². The van der Waals surface area contributed by atoms with E-state index in [-0.39, 0.29) is 17.9 Å². The largest absolute Gasteiger partial charge is 0.349 e. The fraction of sp³-hybridized carbons (Fsp3) is 0.217. The Morgan fingerprint density at radius 1 is 0.857 bits per heavy atom. The topological polar surface area (TPSA) is 49.4 Å². The number of nitrogens with zero attached hydrogens (tertiary/aromatic N) is 1. The molecule has 0 spiro atoms. The number of rotatable bonds is 3. The number of hydrogen-bond acceptors (Lipinski definition) is 3. The Balaban J connectivity index is 1.41. The monoisotopic (exact) mass is 390 g/mol. The zero-order chi connectivity index (χ0) is 19.5. The summed E-state index contributed by atoms with van der Waals surface area (Å²) in [6, 6.07) is 21.1. The van der Waals surface area contributed by atoms with Crippen LogP contribution in [0.1, 0.15) is 33.6 Å². The predicted octanol–water partition coefficient (Wildman–Crippen LogP) is 4.16. The molecule has 1 heterocycles. The number of carbonyl (C=O) groups is 2. The third-order valence-electron chi connectivity index (χ3n) is 5.29. The van der Waals surface area contributed by atoms with E-state index in [0.29, 0.717) is 23.5 Å². The molecule has 4 rings (SSSR count). The SMILES string of the molecule is O=C(NC1CCN(C(=O)c2cccc3ccccc23)CC1)c1ccccc1S. The van der Waals surface area contributed by atoms with Gasteiger partial charge in [-0.3, -0.25) is 9.59 Å². The number of thiol groups is 1. The molecule has 5 heteroatoms. The smallest absolute Gasteiger partial charge is 0.254 e. The normalized spacial score (nSPS) is 14.8. The van der Waals surface area contributed by atoms with Crippen molar-refractivity contribution in [2.24, 2.45) is 0 Å². The molecule has 0 aliphatic carbocycles. The second kappa shape index (κ2) is 8.07. The van der Waals surface area contributed by atoms with Crippen molar-refractivity contribution in [1.29, 1.82) is 0 Å². The van der Waals surface area contributed by atoms with Gasteiger partial charge in [-0.1, -0.05) is 48.5 Å². The molecule has 4 nitrogen and oxygen atoms in total. The molecule has 0 radical (unpaired) electrons. The van der Waals surface area contributed by atoms with Crippen LogP contribution in [-0.4, -0.2) is 35.8 Å². The fourth-order valence-electron chi connectivity index (χ4n) is 3.74. The van der Waals surface area contributed by atoms with Crippen molar-refractivity contribution >= 4 is 35.2 Å². The summed E-state index contributed by atoms with van der Waals surface area (Å²) in [6.07, 6.45) is 1.49. The molecule has 3 aromatic carbocycles. The number of likely N-dealkylation sites (tertiary alicyclic amines) is 1. The highest BCUT2D eigenvalue weighted by molar-refractivity contribution is 7.80. The maximum Gasteiger partial charge on any atom is 0.254 e. The van der Waals surface area contributed by atoms with Crippen molar-refractivity contribution < 1.29 is 9.59 Å². The first-order chi connectivity index (χ1) is 13.6. The summed E-state index contributed by atoms with van der Waals surface area (Å²) in [5.74, 6) is -0.0493. The molecular formula is C23H22N2O2S. The minimum atomic E-state index is -0.107. The van der Waals surface area contributed by atoms with Crippen molar-refractivity contribution in [3.05, 3.63) is 77.9 Å². The van der Waals surface area contributed by atoms with Gasteiger partial charge in [0.2, 0.25) is 0 Å². The van der Waals surface area contributed by atoms with Crippen molar-refractivity contribution in [2.45, 2.75) is 23.8 Å². The van der Waals surface area contributed by atoms with E-state index in [9.17, 15) is 9.59 Å². The lowest BCUT2D eigenvalue weighted by Gasteiger charge is -2.32. The first-order valence-electron chi connectivity index (χ1n) is 9.49.